The van der Waals surface area contributed by atoms with Crippen molar-refractivity contribution in [1.29, 1.82) is 0 Å². The molecule has 1 heterocycles. The predicted molar refractivity (Wildman–Crippen MR) is 97.2 cm³/mol. The molecule has 0 saturated carbocycles. The van der Waals surface area contributed by atoms with Crippen LogP contribution in [0.25, 0.3) is 0 Å². The fourth-order valence-electron chi connectivity index (χ4n) is 3.16. The van der Waals surface area contributed by atoms with E-state index < -0.39 is 5.82 Å². The van der Waals surface area contributed by atoms with Gasteiger partial charge in [-0.3, -0.25) is 9.59 Å². The Kier molecular flexibility index (Phi) is 5.71. The molecule has 1 saturated heterocycles. The van der Waals surface area contributed by atoms with Crippen LogP contribution in [0.2, 0.25) is 0 Å². The molecule has 1 atom stereocenters. The number of carbonyl (C=O) groups is 2. The van der Waals surface area contributed by atoms with E-state index in [2.05, 4.69) is 0 Å². The first-order chi connectivity index (χ1) is 12.5. The molecule has 2 aromatic carbocycles. The van der Waals surface area contributed by atoms with Crippen molar-refractivity contribution in [1.82, 2.24) is 4.90 Å². The lowest BCUT2D eigenvalue weighted by atomic mass is 10.0. The Morgan fingerprint density at radius 1 is 1.15 bits per heavy atom. The highest BCUT2D eigenvalue weighted by Crippen LogP contribution is 2.33. The fourth-order valence-corrected chi connectivity index (χ4v) is 3.96. The molecule has 3 rings (SSSR count). The van der Waals surface area contributed by atoms with Crippen molar-refractivity contribution in [3.05, 3.63) is 65.2 Å². The Bertz CT molecular complexity index is 823. The van der Waals surface area contributed by atoms with E-state index in [1.165, 1.54) is 31.2 Å². The van der Waals surface area contributed by atoms with Crippen LogP contribution in [0.5, 0.6) is 0 Å². The number of likely N-dealkylation sites (tertiary alicyclic amines) is 1. The lowest BCUT2D eigenvalue weighted by molar-refractivity contribution is -0.129. The van der Waals surface area contributed by atoms with Crippen LogP contribution in [-0.2, 0) is 4.79 Å². The fraction of sp³-hybridized carbons (Fsp3) is 0.300. The Morgan fingerprint density at radius 3 is 2.54 bits per heavy atom. The van der Waals surface area contributed by atoms with Gasteiger partial charge in [0.15, 0.2) is 5.78 Å². The average molecular weight is 375 g/mol. The number of hydrogen-bond acceptors (Lipinski definition) is 3. The Morgan fingerprint density at radius 2 is 1.88 bits per heavy atom. The minimum atomic E-state index is -0.494. The minimum Gasteiger partial charge on any atom is -0.335 e. The third-order valence-electron chi connectivity index (χ3n) is 4.52. The number of carbonyl (C=O) groups excluding carboxylic acids is 2. The van der Waals surface area contributed by atoms with Gasteiger partial charge in [-0.2, -0.15) is 0 Å². The molecule has 0 spiro atoms. The van der Waals surface area contributed by atoms with E-state index >= 15 is 0 Å². The SMILES string of the molecule is CC(=O)c1ccc(SCC(=O)N2CCCC2c2ccc(F)cc2)c(F)c1. The van der Waals surface area contributed by atoms with Gasteiger partial charge in [-0.15, -0.1) is 11.8 Å². The van der Waals surface area contributed by atoms with E-state index in [1.807, 2.05) is 0 Å². The lowest BCUT2D eigenvalue weighted by Crippen LogP contribution is -2.32. The number of thioether (sulfide) groups is 1. The molecule has 0 bridgehead atoms. The summed E-state index contributed by atoms with van der Waals surface area (Å²) in [4.78, 5) is 26.0. The summed E-state index contributed by atoms with van der Waals surface area (Å²) < 4.78 is 27.2. The molecule has 2 aromatic rings. The summed E-state index contributed by atoms with van der Waals surface area (Å²) in [7, 11) is 0. The number of ketones is 1. The molecule has 1 fully saturated rings. The van der Waals surface area contributed by atoms with Crippen molar-refractivity contribution >= 4 is 23.5 Å². The number of benzene rings is 2. The van der Waals surface area contributed by atoms with Crippen molar-refractivity contribution < 1.29 is 18.4 Å². The zero-order chi connectivity index (χ0) is 18.7. The highest BCUT2D eigenvalue weighted by molar-refractivity contribution is 8.00. The molecule has 1 aliphatic rings. The number of amides is 1. The summed E-state index contributed by atoms with van der Waals surface area (Å²) in [6.07, 6.45) is 1.73. The van der Waals surface area contributed by atoms with Crippen LogP contribution in [0.4, 0.5) is 8.78 Å². The monoisotopic (exact) mass is 375 g/mol. The molecule has 1 aliphatic heterocycles. The molecule has 1 unspecified atom stereocenters. The number of nitrogens with zero attached hydrogens (tertiary/aromatic N) is 1. The van der Waals surface area contributed by atoms with E-state index in [0.717, 1.165) is 30.2 Å². The Labute approximate surface area is 155 Å². The molecule has 0 N–H and O–H groups in total. The molecular weight excluding hydrogens is 356 g/mol. The summed E-state index contributed by atoms with van der Waals surface area (Å²) in [6, 6.07) is 10.5. The van der Waals surface area contributed by atoms with E-state index in [9.17, 15) is 18.4 Å². The van der Waals surface area contributed by atoms with Crippen molar-refractivity contribution in [2.45, 2.75) is 30.7 Å². The first kappa shape index (κ1) is 18.6. The van der Waals surface area contributed by atoms with Gasteiger partial charge in [-0.25, -0.2) is 8.78 Å². The van der Waals surface area contributed by atoms with Crippen LogP contribution in [0.1, 0.15) is 41.7 Å². The topological polar surface area (TPSA) is 37.4 Å². The van der Waals surface area contributed by atoms with Crippen molar-refractivity contribution in [3.63, 3.8) is 0 Å². The number of hydrogen-bond donors (Lipinski definition) is 0. The van der Waals surface area contributed by atoms with E-state index in [0.29, 0.717) is 17.0 Å². The number of halogens is 2. The molecule has 1 amide bonds. The Balaban J connectivity index is 1.66. The smallest absolute Gasteiger partial charge is 0.233 e. The van der Waals surface area contributed by atoms with Crippen molar-refractivity contribution in [2.75, 3.05) is 12.3 Å². The largest absolute Gasteiger partial charge is 0.335 e. The first-order valence-corrected chi connectivity index (χ1v) is 9.42. The van der Waals surface area contributed by atoms with Gasteiger partial charge in [0.2, 0.25) is 5.91 Å². The second kappa shape index (κ2) is 7.99. The summed E-state index contributed by atoms with van der Waals surface area (Å²) >= 11 is 1.12. The summed E-state index contributed by atoms with van der Waals surface area (Å²) in [5.41, 5.74) is 1.23. The third-order valence-corrected chi connectivity index (χ3v) is 5.55. The van der Waals surface area contributed by atoms with Gasteiger partial charge in [0.05, 0.1) is 11.8 Å². The normalized spacial score (nSPS) is 16.7. The molecule has 0 aromatic heterocycles. The molecule has 0 aliphatic carbocycles. The van der Waals surface area contributed by atoms with Crippen LogP contribution in [-0.4, -0.2) is 28.9 Å². The molecule has 6 heteroatoms. The highest BCUT2D eigenvalue weighted by atomic mass is 32.2. The predicted octanol–water partition coefficient (Wildman–Crippen LogP) is 4.62. The highest BCUT2D eigenvalue weighted by Gasteiger charge is 2.29. The standard InChI is InChI=1S/C20H19F2NO2S/c1-13(24)15-6-9-19(17(22)11-15)26-12-20(25)23-10-2-3-18(23)14-4-7-16(21)8-5-14/h4-9,11,18H,2-3,10,12H2,1H3. The lowest BCUT2D eigenvalue weighted by Gasteiger charge is -2.25. The maximum absolute atomic E-state index is 14.1. The van der Waals surface area contributed by atoms with Gasteiger partial charge >= 0.3 is 0 Å². The van der Waals surface area contributed by atoms with Crippen LogP contribution < -0.4 is 0 Å². The maximum Gasteiger partial charge on any atom is 0.233 e. The first-order valence-electron chi connectivity index (χ1n) is 8.44. The molecule has 136 valence electrons. The van der Waals surface area contributed by atoms with E-state index in [-0.39, 0.29) is 29.3 Å². The van der Waals surface area contributed by atoms with Crippen LogP contribution in [0, 0.1) is 11.6 Å². The van der Waals surface area contributed by atoms with Gasteiger partial charge in [0, 0.05) is 17.0 Å². The zero-order valence-electron chi connectivity index (χ0n) is 14.4. The second-order valence-electron chi connectivity index (χ2n) is 6.29. The average Bonchev–Trinajstić information content (AvgIpc) is 3.10. The summed E-state index contributed by atoms with van der Waals surface area (Å²) in [5.74, 6) is -0.946. The van der Waals surface area contributed by atoms with Crippen LogP contribution >= 0.6 is 11.8 Å². The van der Waals surface area contributed by atoms with Gasteiger partial charge < -0.3 is 4.90 Å². The van der Waals surface area contributed by atoms with Crippen molar-refractivity contribution in [3.8, 4) is 0 Å². The van der Waals surface area contributed by atoms with E-state index in [1.54, 1.807) is 23.1 Å². The quantitative estimate of drug-likeness (QED) is 0.565. The number of Topliss-reactive ketones (excluding diaryl/α,β-unsaturated/α-hetero) is 1. The molecule has 3 nitrogen and oxygen atoms in total. The second-order valence-corrected chi connectivity index (χ2v) is 7.30. The van der Waals surface area contributed by atoms with Crippen molar-refractivity contribution in [2.24, 2.45) is 0 Å². The third kappa shape index (κ3) is 4.12. The van der Waals surface area contributed by atoms with Gasteiger partial charge in [-0.05, 0) is 49.6 Å². The minimum absolute atomic E-state index is 0.0614. The molecular formula is C20H19F2NO2S. The molecule has 0 radical (unpaired) electrons. The van der Waals surface area contributed by atoms with Crippen LogP contribution in [0.15, 0.2) is 47.4 Å². The van der Waals surface area contributed by atoms with E-state index in [4.69, 9.17) is 0 Å². The summed E-state index contributed by atoms with van der Waals surface area (Å²) in [5, 5.41) is 0. The number of rotatable bonds is 5. The molecule has 26 heavy (non-hydrogen) atoms. The van der Waals surface area contributed by atoms with Crippen LogP contribution in [0.3, 0.4) is 0 Å². The zero-order valence-corrected chi connectivity index (χ0v) is 15.2. The van der Waals surface area contributed by atoms with Gasteiger partial charge in [-0.1, -0.05) is 18.2 Å². The maximum atomic E-state index is 14.1. The Hall–Kier alpha value is -2.21. The summed E-state index contributed by atoms with van der Waals surface area (Å²) in [6.45, 7) is 2.03. The van der Waals surface area contributed by atoms with Gasteiger partial charge in [0.1, 0.15) is 11.6 Å². The van der Waals surface area contributed by atoms with Gasteiger partial charge in [0.25, 0.3) is 0 Å².